The Labute approximate surface area is 197 Å². The van der Waals surface area contributed by atoms with Crippen LogP contribution < -0.4 is 19.1 Å². The molecule has 2 aromatic carbocycles. The first kappa shape index (κ1) is 24.5. The standard InChI is InChI=1S/C25H34N2O4.ClH/c1-28-23-9-5-4-8-21(23)27-14-12-26(13-15-27)11-10-22-20-18-25(30-3)24(29-2)17-19(20)7-6-16-31-22;/h4-5,8-9,17-18,22H,6-7,10-16H2,1-3H3;1H. The van der Waals surface area contributed by atoms with Gasteiger partial charge in [0.25, 0.3) is 0 Å². The lowest BCUT2D eigenvalue weighted by Crippen LogP contribution is -2.47. The zero-order valence-corrected chi connectivity index (χ0v) is 20.2. The molecule has 0 bridgehead atoms. The first-order valence-electron chi connectivity index (χ1n) is 11.2. The minimum atomic E-state index is 0. The molecule has 2 aliphatic rings. The van der Waals surface area contributed by atoms with Crippen LogP contribution in [0.15, 0.2) is 36.4 Å². The molecule has 2 heterocycles. The van der Waals surface area contributed by atoms with Crippen LogP contribution in [-0.4, -0.2) is 65.6 Å². The van der Waals surface area contributed by atoms with Gasteiger partial charge in [-0.15, -0.1) is 12.4 Å². The van der Waals surface area contributed by atoms with Crippen molar-refractivity contribution in [3.05, 3.63) is 47.5 Å². The summed E-state index contributed by atoms with van der Waals surface area (Å²) in [5.41, 5.74) is 3.76. The van der Waals surface area contributed by atoms with E-state index < -0.39 is 0 Å². The van der Waals surface area contributed by atoms with Crippen LogP contribution in [0.5, 0.6) is 17.2 Å². The van der Waals surface area contributed by atoms with E-state index in [2.05, 4.69) is 34.1 Å². The van der Waals surface area contributed by atoms with Gasteiger partial charge >= 0.3 is 0 Å². The minimum absolute atomic E-state index is 0. The number of benzene rings is 2. The molecule has 0 radical (unpaired) electrons. The summed E-state index contributed by atoms with van der Waals surface area (Å²) in [4.78, 5) is 4.96. The van der Waals surface area contributed by atoms with E-state index in [1.54, 1.807) is 21.3 Å². The molecule has 6 nitrogen and oxygen atoms in total. The van der Waals surface area contributed by atoms with E-state index in [-0.39, 0.29) is 18.5 Å². The molecule has 0 N–H and O–H groups in total. The van der Waals surface area contributed by atoms with Gasteiger partial charge in [0.05, 0.1) is 33.1 Å². The third kappa shape index (κ3) is 5.42. The first-order chi connectivity index (χ1) is 15.2. The Bertz CT molecular complexity index is 871. The number of fused-ring (bicyclic) bond motifs is 1. The van der Waals surface area contributed by atoms with E-state index in [0.717, 1.165) is 75.8 Å². The normalized spacial score (nSPS) is 18.8. The molecule has 2 aromatic rings. The zero-order chi connectivity index (χ0) is 21.6. The van der Waals surface area contributed by atoms with Gasteiger partial charge in [-0.3, -0.25) is 4.90 Å². The Morgan fingerprint density at radius 1 is 0.906 bits per heavy atom. The molecule has 1 fully saturated rings. The molecule has 1 saturated heterocycles. The Kier molecular flexibility index (Phi) is 8.91. The average Bonchev–Trinajstić information content (AvgIpc) is 3.03. The maximum absolute atomic E-state index is 6.26. The third-order valence-corrected chi connectivity index (χ3v) is 6.41. The number of aryl methyl sites for hydroxylation is 1. The second-order valence-electron chi connectivity index (χ2n) is 8.16. The molecule has 0 saturated carbocycles. The van der Waals surface area contributed by atoms with Crippen LogP contribution in [0.4, 0.5) is 5.69 Å². The second kappa shape index (κ2) is 11.6. The minimum Gasteiger partial charge on any atom is -0.495 e. The molecule has 7 heteroatoms. The number of rotatable bonds is 7. The number of hydrogen-bond acceptors (Lipinski definition) is 6. The lowest BCUT2D eigenvalue weighted by molar-refractivity contribution is 0.0419. The average molecular weight is 463 g/mol. The molecule has 0 aliphatic carbocycles. The van der Waals surface area contributed by atoms with Crippen molar-refractivity contribution in [2.24, 2.45) is 0 Å². The predicted molar refractivity (Wildman–Crippen MR) is 130 cm³/mol. The van der Waals surface area contributed by atoms with E-state index >= 15 is 0 Å². The van der Waals surface area contributed by atoms with Gasteiger partial charge in [0.1, 0.15) is 5.75 Å². The van der Waals surface area contributed by atoms with E-state index in [4.69, 9.17) is 18.9 Å². The Morgan fingerprint density at radius 2 is 1.59 bits per heavy atom. The highest BCUT2D eigenvalue weighted by atomic mass is 35.5. The third-order valence-electron chi connectivity index (χ3n) is 6.41. The molecule has 4 rings (SSSR count). The summed E-state index contributed by atoms with van der Waals surface area (Å²) in [6, 6.07) is 12.5. The summed E-state index contributed by atoms with van der Waals surface area (Å²) in [7, 11) is 5.13. The van der Waals surface area contributed by atoms with Gasteiger partial charge < -0.3 is 23.8 Å². The van der Waals surface area contributed by atoms with Crippen molar-refractivity contribution in [2.45, 2.75) is 25.4 Å². The Morgan fingerprint density at radius 3 is 2.31 bits per heavy atom. The SMILES string of the molecule is COc1cc2c(cc1OC)C(CCN1CCN(c3ccccc3OC)CC1)OCCC2.Cl. The van der Waals surface area contributed by atoms with Gasteiger partial charge in [-0.1, -0.05) is 12.1 Å². The number of methoxy groups -OCH3 is 3. The maximum Gasteiger partial charge on any atom is 0.161 e. The van der Waals surface area contributed by atoms with Gasteiger partial charge in [-0.05, 0) is 54.7 Å². The molecule has 1 unspecified atom stereocenters. The lowest BCUT2D eigenvalue weighted by atomic mass is 9.97. The highest BCUT2D eigenvalue weighted by Crippen LogP contribution is 2.38. The quantitative estimate of drug-likeness (QED) is 0.609. The number of ether oxygens (including phenoxy) is 4. The van der Waals surface area contributed by atoms with E-state index in [1.165, 1.54) is 16.8 Å². The zero-order valence-electron chi connectivity index (χ0n) is 19.3. The summed E-state index contributed by atoms with van der Waals surface area (Å²) in [5.74, 6) is 2.53. The Hall–Kier alpha value is -2.15. The van der Waals surface area contributed by atoms with Gasteiger partial charge in [0, 0.05) is 39.3 Å². The van der Waals surface area contributed by atoms with Crippen LogP contribution in [0.2, 0.25) is 0 Å². The molecule has 32 heavy (non-hydrogen) atoms. The van der Waals surface area contributed by atoms with Crippen molar-refractivity contribution in [3.63, 3.8) is 0 Å². The van der Waals surface area contributed by atoms with Crippen LogP contribution in [0, 0.1) is 0 Å². The summed E-state index contributed by atoms with van der Waals surface area (Å²) in [6.07, 6.45) is 3.14. The van der Waals surface area contributed by atoms with Crippen LogP contribution in [0.25, 0.3) is 0 Å². The van der Waals surface area contributed by atoms with Crippen molar-refractivity contribution in [1.82, 2.24) is 4.90 Å². The van der Waals surface area contributed by atoms with E-state index in [9.17, 15) is 0 Å². The largest absolute Gasteiger partial charge is 0.495 e. The van der Waals surface area contributed by atoms with Crippen LogP contribution in [-0.2, 0) is 11.2 Å². The van der Waals surface area contributed by atoms with Gasteiger partial charge in [-0.2, -0.15) is 0 Å². The fraction of sp³-hybridized carbons (Fsp3) is 0.520. The number of para-hydroxylation sites is 2. The maximum atomic E-state index is 6.26. The number of piperazine rings is 1. The predicted octanol–water partition coefficient (Wildman–Crippen LogP) is 4.35. The summed E-state index contributed by atoms with van der Waals surface area (Å²) in [5, 5.41) is 0. The fourth-order valence-corrected chi connectivity index (χ4v) is 4.67. The Balaban J connectivity index is 0.00000289. The van der Waals surface area contributed by atoms with Gasteiger partial charge in [-0.25, -0.2) is 0 Å². The first-order valence-corrected chi connectivity index (χ1v) is 11.2. The molecule has 1 atom stereocenters. The monoisotopic (exact) mass is 462 g/mol. The van der Waals surface area contributed by atoms with Crippen molar-refractivity contribution < 1.29 is 18.9 Å². The van der Waals surface area contributed by atoms with Crippen LogP contribution >= 0.6 is 12.4 Å². The van der Waals surface area contributed by atoms with Crippen LogP contribution in [0.1, 0.15) is 30.1 Å². The number of anilines is 1. The molecule has 0 amide bonds. The second-order valence-corrected chi connectivity index (χ2v) is 8.16. The lowest BCUT2D eigenvalue weighted by Gasteiger charge is -2.37. The molecule has 2 aliphatic heterocycles. The summed E-state index contributed by atoms with van der Waals surface area (Å²) >= 11 is 0. The summed E-state index contributed by atoms with van der Waals surface area (Å²) in [6.45, 7) is 5.93. The van der Waals surface area contributed by atoms with Crippen molar-refractivity contribution in [3.8, 4) is 17.2 Å². The molecule has 0 spiro atoms. The van der Waals surface area contributed by atoms with Crippen molar-refractivity contribution in [2.75, 3.05) is 65.6 Å². The van der Waals surface area contributed by atoms with E-state index in [1.807, 2.05) is 12.1 Å². The van der Waals surface area contributed by atoms with Crippen molar-refractivity contribution in [1.29, 1.82) is 0 Å². The molecule has 0 aromatic heterocycles. The van der Waals surface area contributed by atoms with Gasteiger partial charge in [0.2, 0.25) is 0 Å². The molecule has 176 valence electrons. The number of nitrogens with zero attached hydrogens (tertiary/aromatic N) is 2. The van der Waals surface area contributed by atoms with Crippen LogP contribution in [0.3, 0.4) is 0 Å². The smallest absolute Gasteiger partial charge is 0.161 e. The number of halogens is 1. The van der Waals surface area contributed by atoms with Crippen molar-refractivity contribution >= 4 is 18.1 Å². The highest BCUT2D eigenvalue weighted by Gasteiger charge is 2.25. The van der Waals surface area contributed by atoms with E-state index in [0.29, 0.717) is 0 Å². The topological polar surface area (TPSA) is 43.4 Å². The number of hydrogen-bond donors (Lipinski definition) is 0. The molecular weight excluding hydrogens is 428 g/mol. The fourth-order valence-electron chi connectivity index (χ4n) is 4.67. The highest BCUT2D eigenvalue weighted by molar-refractivity contribution is 5.85. The van der Waals surface area contributed by atoms with Gasteiger partial charge in [0.15, 0.2) is 11.5 Å². The summed E-state index contributed by atoms with van der Waals surface area (Å²) < 4.78 is 22.9. The molecular formula is C25H35ClN2O4.